The maximum atomic E-state index is 12.4. The molecular formula is C18H16Cl3N3O. The smallest absolute Gasteiger partial charge is 0.269 e. The van der Waals surface area contributed by atoms with Crippen molar-refractivity contribution in [2.24, 2.45) is 5.10 Å². The number of carbonyl (C=O) groups is 1. The zero-order valence-electron chi connectivity index (χ0n) is 13.7. The first-order valence-electron chi connectivity index (χ1n) is 7.65. The van der Waals surface area contributed by atoms with E-state index in [2.05, 4.69) is 5.10 Å². The molecule has 1 unspecified atom stereocenters. The average molecular weight is 397 g/mol. The molecule has 7 heteroatoms. The number of amides is 1. The van der Waals surface area contributed by atoms with E-state index >= 15 is 0 Å². The van der Waals surface area contributed by atoms with Crippen molar-refractivity contribution < 1.29 is 4.79 Å². The Hall–Kier alpha value is -1.75. The summed E-state index contributed by atoms with van der Waals surface area (Å²) in [6.45, 7) is 0. The van der Waals surface area contributed by atoms with E-state index in [0.717, 1.165) is 5.56 Å². The number of hydrazone groups is 1. The number of benzene rings is 2. The molecule has 4 nitrogen and oxygen atoms in total. The first kappa shape index (κ1) is 18.1. The molecule has 1 aliphatic rings. The molecule has 0 N–H and O–H groups in total. The van der Waals surface area contributed by atoms with Crippen molar-refractivity contribution in [1.29, 1.82) is 0 Å². The van der Waals surface area contributed by atoms with Gasteiger partial charge in [-0.3, -0.25) is 9.80 Å². The molecule has 0 saturated carbocycles. The molecule has 2 aromatic rings. The highest BCUT2D eigenvalue weighted by molar-refractivity contribution is 6.40. The minimum atomic E-state index is -0.144. The van der Waals surface area contributed by atoms with E-state index in [0.29, 0.717) is 32.9 Å². The zero-order chi connectivity index (χ0) is 18.1. The van der Waals surface area contributed by atoms with Crippen LogP contribution in [0.15, 0.2) is 47.6 Å². The van der Waals surface area contributed by atoms with Crippen LogP contribution in [0.2, 0.25) is 15.1 Å². The first-order chi connectivity index (χ1) is 11.9. The maximum absolute atomic E-state index is 12.4. The van der Waals surface area contributed by atoms with E-state index in [-0.39, 0.29) is 11.9 Å². The third-order valence-electron chi connectivity index (χ3n) is 3.97. The van der Waals surface area contributed by atoms with Crippen LogP contribution < -0.4 is 5.01 Å². The summed E-state index contributed by atoms with van der Waals surface area (Å²) in [5.74, 6) is -0.119. The molecule has 0 radical (unpaired) electrons. The van der Waals surface area contributed by atoms with Crippen molar-refractivity contribution in [3.63, 3.8) is 0 Å². The molecular weight excluding hydrogens is 381 g/mol. The van der Waals surface area contributed by atoms with Gasteiger partial charge in [0.1, 0.15) is 5.71 Å². The van der Waals surface area contributed by atoms with Crippen LogP contribution in [0.5, 0.6) is 0 Å². The number of hydrogen-bond acceptors (Lipinski definition) is 3. The largest absolute Gasteiger partial charge is 0.344 e. The van der Waals surface area contributed by atoms with Gasteiger partial charge >= 0.3 is 0 Å². The second kappa shape index (κ2) is 7.24. The minimum absolute atomic E-state index is 0.119. The molecule has 0 fully saturated rings. The second-order valence-electron chi connectivity index (χ2n) is 5.96. The van der Waals surface area contributed by atoms with E-state index in [1.54, 1.807) is 37.3 Å². The van der Waals surface area contributed by atoms with Gasteiger partial charge in [-0.05, 0) is 35.9 Å². The van der Waals surface area contributed by atoms with Crippen LogP contribution in [0.25, 0.3) is 0 Å². The van der Waals surface area contributed by atoms with E-state index in [4.69, 9.17) is 34.8 Å². The normalized spacial score (nSPS) is 16.8. The lowest BCUT2D eigenvalue weighted by molar-refractivity contribution is -0.121. The van der Waals surface area contributed by atoms with Crippen LogP contribution in [0.1, 0.15) is 18.0 Å². The monoisotopic (exact) mass is 395 g/mol. The first-order valence-corrected chi connectivity index (χ1v) is 8.79. The predicted molar refractivity (Wildman–Crippen MR) is 104 cm³/mol. The summed E-state index contributed by atoms with van der Waals surface area (Å²) in [4.78, 5) is 13.9. The Morgan fingerprint density at radius 3 is 2.32 bits per heavy atom. The summed E-state index contributed by atoms with van der Waals surface area (Å²) in [5.41, 5.74) is 2.18. The van der Waals surface area contributed by atoms with Crippen molar-refractivity contribution >= 4 is 52.1 Å². The van der Waals surface area contributed by atoms with Gasteiger partial charge in [0.05, 0.1) is 16.8 Å². The Morgan fingerprint density at radius 1 is 1.08 bits per heavy atom. The van der Waals surface area contributed by atoms with Crippen molar-refractivity contribution in [2.75, 3.05) is 19.1 Å². The third kappa shape index (κ3) is 3.76. The molecule has 3 rings (SSSR count). The van der Waals surface area contributed by atoms with Gasteiger partial charge < -0.3 is 4.90 Å². The Bertz CT molecular complexity index is 834. The summed E-state index contributed by atoms with van der Waals surface area (Å²) in [6, 6.07) is 12.6. The van der Waals surface area contributed by atoms with Gasteiger partial charge in [0, 0.05) is 30.6 Å². The van der Waals surface area contributed by atoms with Gasteiger partial charge in [-0.1, -0.05) is 46.9 Å². The highest BCUT2D eigenvalue weighted by Crippen LogP contribution is 2.40. The Kier molecular flexibility index (Phi) is 5.23. The lowest BCUT2D eigenvalue weighted by Crippen LogP contribution is -2.29. The molecule has 0 aliphatic carbocycles. The molecule has 0 spiro atoms. The summed E-state index contributed by atoms with van der Waals surface area (Å²) in [5, 5.41) is 8.01. The quantitative estimate of drug-likeness (QED) is 0.728. The van der Waals surface area contributed by atoms with Crippen LogP contribution in [-0.4, -0.2) is 30.6 Å². The summed E-state index contributed by atoms with van der Waals surface area (Å²) in [7, 11) is 3.42. The number of anilines is 1. The van der Waals surface area contributed by atoms with E-state index < -0.39 is 0 Å². The molecule has 0 aromatic heterocycles. The van der Waals surface area contributed by atoms with Crippen molar-refractivity contribution in [2.45, 2.75) is 12.5 Å². The van der Waals surface area contributed by atoms with Crippen LogP contribution in [0, 0.1) is 0 Å². The fourth-order valence-corrected chi connectivity index (χ4v) is 3.35. The zero-order valence-corrected chi connectivity index (χ0v) is 16.0. The molecule has 1 atom stereocenters. The number of nitrogens with zero attached hydrogens (tertiary/aromatic N) is 3. The van der Waals surface area contributed by atoms with Crippen molar-refractivity contribution in [3.8, 4) is 0 Å². The van der Waals surface area contributed by atoms with Crippen LogP contribution >= 0.6 is 34.8 Å². The second-order valence-corrected chi connectivity index (χ2v) is 7.24. The molecule has 1 aliphatic heterocycles. The fourth-order valence-electron chi connectivity index (χ4n) is 2.73. The maximum Gasteiger partial charge on any atom is 0.269 e. The number of rotatable bonds is 3. The summed E-state index contributed by atoms with van der Waals surface area (Å²) >= 11 is 18.4. The molecule has 2 aromatic carbocycles. The summed E-state index contributed by atoms with van der Waals surface area (Å²) in [6.07, 6.45) is 0.484. The topological polar surface area (TPSA) is 35.9 Å². The summed E-state index contributed by atoms with van der Waals surface area (Å²) < 4.78 is 0. The van der Waals surface area contributed by atoms with Gasteiger partial charge in [-0.15, -0.1) is 0 Å². The number of carbonyl (C=O) groups excluding carboxylic acids is 1. The Labute approximate surface area is 161 Å². The van der Waals surface area contributed by atoms with Crippen molar-refractivity contribution in [1.82, 2.24) is 4.90 Å². The molecule has 25 heavy (non-hydrogen) atoms. The molecule has 0 saturated heterocycles. The average Bonchev–Trinajstić information content (AvgIpc) is 2.99. The molecule has 0 bridgehead atoms. The standard InChI is InChI=1S/C18H16Cl3N3O/c1-23(2)18(25)15-10-17(11-3-5-12(19)6-4-11)24(22-15)16-8-7-13(20)9-14(16)21/h3-9,17H,10H2,1-2H3. The van der Waals surface area contributed by atoms with Crippen LogP contribution in [0.4, 0.5) is 5.69 Å². The number of hydrogen-bond donors (Lipinski definition) is 0. The van der Waals surface area contributed by atoms with Gasteiger partial charge in [-0.25, -0.2) is 0 Å². The van der Waals surface area contributed by atoms with Gasteiger partial charge in [-0.2, -0.15) is 5.10 Å². The van der Waals surface area contributed by atoms with Gasteiger partial charge in [0.2, 0.25) is 0 Å². The van der Waals surface area contributed by atoms with E-state index in [1.165, 1.54) is 4.90 Å². The number of halogens is 3. The lowest BCUT2D eigenvalue weighted by atomic mass is 10.0. The Balaban J connectivity index is 2.04. The van der Waals surface area contributed by atoms with Crippen LogP contribution in [0.3, 0.4) is 0 Å². The van der Waals surface area contributed by atoms with Crippen LogP contribution in [-0.2, 0) is 4.79 Å². The SMILES string of the molecule is CN(C)C(=O)C1=NN(c2ccc(Cl)cc2Cl)C(c2ccc(Cl)cc2)C1. The van der Waals surface area contributed by atoms with E-state index in [9.17, 15) is 4.79 Å². The van der Waals surface area contributed by atoms with Crippen molar-refractivity contribution in [3.05, 3.63) is 63.1 Å². The lowest BCUT2D eigenvalue weighted by Gasteiger charge is -2.25. The fraction of sp³-hybridized carbons (Fsp3) is 0.222. The van der Waals surface area contributed by atoms with Gasteiger partial charge in [0.25, 0.3) is 5.91 Å². The Morgan fingerprint density at radius 2 is 1.72 bits per heavy atom. The molecule has 130 valence electrons. The predicted octanol–water partition coefficient (Wildman–Crippen LogP) is 5.04. The van der Waals surface area contributed by atoms with E-state index in [1.807, 2.05) is 24.3 Å². The van der Waals surface area contributed by atoms with Gasteiger partial charge in [0.15, 0.2) is 0 Å². The highest BCUT2D eigenvalue weighted by atomic mass is 35.5. The minimum Gasteiger partial charge on any atom is -0.344 e. The highest BCUT2D eigenvalue weighted by Gasteiger charge is 2.33. The molecule has 1 amide bonds. The third-order valence-corrected chi connectivity index (χ3v) is 4.76. The molecule has 1 heterocycles.